The fourth-order valence-electron chi connectivity index (χ4n) is 3.94. The molecule has 1 atom stereocenters. The van der Waals surface area contributed by atoms with Crippen LogP contribution in [0.15, 0.2) is 42.6 Å². The molecule has 1 unspecified atom stereocenters. The highest BCUT2D eigenvalue weighted by molar-refractivity contribution is 6.30. The first kappa shape index (κ1) is 16.6. The van der Waals surface area contributed by atoms with E-state index < -0.39 is 0 Å². The number of amides is 1. The fraction of sp³-hybridized carbons (Fsp3) is 0.400. The third-order valence-electron chi connectivity index (χ3n) is 5.39. The van der Waals surface area contributed by atoms with Crippen molar-refractivity contribution < 1.29 is 4.79 Å². The van der Waals surface area contributed by atoms with Crippen LogP contribution in [0.1, 0.15) is 28.0 Å². The van der Waals surface area contributed by atoms with Gasteiger partial charge in [0.15, 0.2) is 0 Å². The number of carbonyl (C=O) groups excluding carboxylic acids is 1. The molecule has 4 nitrogen and oxygen atoms in total. The van der Waals surface area contributed by atoms with Crippen molar-refractivity contribution in [2.45, 2.75) is 25.3 Å². The molecule has 1 fully saturated rings. The van der Waals surface area contributed by atoms with Gasteiger partial charge in [0, 0.05) is 38.4 Å². The van der Waals surface area contributed by atoms with E-state index in [2.05, 4.69) is 34.1 Å². The first-order chi connectivity index (χ1) is 12.2. The summed E-state index contributed by atoms with van der Waals surface area (Å²) in [6, 6.07) is 12.8. The van der Waals surface area contributed by atoms with Gasteiger partial charge in [-0.05, 0) is 42.5 Å². The average Bonchev–Trinajstić information content (AvgIpc) is 2.68. The van der Waals surface area contributed by atoms with Gasteiger partial charge in [0.05, 0.1) is 5.02 Å². The van der Waals surface area contributed by atoms with Crippen LogP contribution in [0.4, 0.5) is 0 Å². The van der Waals surface area contributed by atoms with Gasteiger partial charge in [-0.2, -0.15) is 0 Å². The number of nitrogens with zero attached hydrogens (tertiary/aromatic N) is 3. The third-order valence-corrected chi connectivity index (χ3v) is 5.61. The predicted octanol–water partition coefficient (Wildman–Crippen LogP) is 3.05. The second-order valence-corrected chi connectivity index (χ2v) is 7.29. The van der Waals surface area contributed by atoms with E-state index >= 15 is 0 Å². The Bertz CT molecular complexity index is 754. The van der Waals surface area contributed by atoms with Crippen molar-refractivity contribution in [2.24, 2.45) is 0 Å². The summed E-state index contributed by atoms with van der Waals surface area (Å²) in [5.41, 5.74) is 3.47. The van der Waals surface area contributed by atoms with Crippen LogP contribution < -0.4 is 0 Å². The van der Waals surface area contributed by atoms with Crippen molar-refractivity contribution in [2.75, 3.05) is 26.2 Å². The van der Waals surface area contributed by atoms with Gasteiger partial charge < -0.3 is 4.90 Å². The molecule has 1 amide bonds. The molecule has 0 bridgehead atoms. The van der Waals surface area contributed by atoms with E-state index in [-0.39, 0.29) is 5.91 Å². The van der Waals surface area contributed by atoms with Crippen LogP contribution in [0.2, 0.25) is 5.02 Å². The molecule has 5 heteroatoms. The Hall–Kier alpha value is -1.91. The van der Waals surface area contributed by atoms with Gasteiger partial charge in [0.2, 0.25) is 0 Å². The summed E-state index contributed by atoms with van der Waals surface area (Å²) in [5.74, 6) is 0.00491. The minimum absolute atomic E-state index is 0.00491. The van der Waals surface area contributed by atoms with E-state index in [1.807, 2.05) is 4.90 Å². The number of rotatable bonds is 2. The molecule has 0 radical (unpaired) electrons. The Morgan fingerprint density at radius 3 is 2.52 bits per heavy atom. The lowest BCUT2D eigenvalue weighted by atomic mass is 9.87. The number of aryl methyl sites for hydroxylation is 1. The normalized spacial score (nSPS) is 21.0. The lowest BCUT2D eigenvalue weighted by Crippen LogP contribution is -2.53. The summed E-state index contributed by atoms with van der Waals surface area (Å²) < 4.78 is 0. The quantitative estimate of drug-likeness (QED) is 0.830. The molecule has 2 aromatic rings. The summed E-state index contributed by atoms with van der Waals surface area (Å²) in [4.78, 5) is 21.2. The summed E-state index contributed by atoms with van der Waals surface area (Å²) in [6.45, 7) is 3.40. The summed E-state index contributed by atoms with van der Waals surface area (Å²) in [5, 5.41) is 0.555. The van der Waals surface area contributed by atoms with Crippen LogP contribution in [0.5, 0.6) is 0 Å². The van der Waals surface area contributed by atoms with Gasteiger partial charge in [-0.15, -0.1) is 0 Å². The number of pyridine rings is 1. The highest BCUT2D eigenvalue weighted by atomic mass is 35.5. The molecule has 2 heterocycles. The number of carbonyl (C=O) groups is 1. The molecule has 1 aliphatic heterocycles. The number of fused-ring (bicyclic) bond motifs is 1. The summed E-state index contributed by atoms with van der Waals surface area (Å²) in [7, 11) is 0. The molecule has 4 rings (SSSR count). The minimum atomic E-state index is 0.00491. The van der Waals surface area contributed by atoms with E-state index in [0.717, 1.165) is 39.0 Å². The highest BCUT2D eigenvalue weighted by Crippen LogP contribution is 2.25. The topological polar surface area (TPSA) is 36.4 Å². The first-order valence-corrected chi connectivity index (χ1v) is 9.30. The number of aromatic nitrogens is 1. The lowest BCUT2D eigenvalue weighted by Gasteiger charge is -2.41. The molecule has 1 aromatic heterocycles. The van der Waals surface area contributed by atoms with Crippen LogP contribution in [0.3, 0.4) is 0 Å². The second-order valence-electron chi connectivity index (χ2n) is 6.86. The fourth-order valence-corrected chi connectivity index (χ4v) is 4.06. The van der Waals surface area contributed by atoms with Crippen molar-refractivity contribution in [3.63, 3.8) is 0 Å². The lowest BCUT2D eigenvalue weighted by molar-refractivity contribution is 0.0548. The molecule has 25 heavy (non-hydrogen) atoms. The van der Waals surface area contributed by atoms with Gasteiger partial charge in [-0.3, -0.25) is 9.69 Å². The van der Waals surface area contributed by atoms with Crippen molar-refractivity contribution in [1.82, 2.24) is 14.8 Å². The molecular weight excluding hydrogens is 334 g/mol. The standard InChI is InChI=1S/C20H22ClN3O/c21-17-6-8-19(22-14-17)20(25)24-11-9-23(10-12-24)18-7-5-15-3-1-2-4-16(15)13-18/h1-4,6,8,14,18H,5,7,9-13H2. The SMILES string of the molecule is O=C(c1ccc(Cl)cn1)N1CCN(C2CCc3ccccc3C2)CC1. The molecule has 1 aliphatic carbocycles. The van der Waals surface area contributed by atoms with Gasteiger partial charge in [-0.25, -0.2) is 4.98 Å². The van der Waals surface area contributed by atoms with Gasteiger partial charge in [-0.1, -0.05) is 35.9 Å². The van der Waals surface area contributed by atoms with Crippen molar-refractivity contribution in [1.29, 1.82) is 0 Å². The predicted molar refractivity (Wildman–Crippen MR) is 99.0 cm³/mol. The Labute approximate surface area is 153 Å². The van der Waals surface area contributed by atoms with Crippen molar-refractivity contribution in [3.8, 4) is 0 Å². The van der Waals surface area contributed by atoms with E-state index in [9.17, 15) is 4.79 Å². The van der Waals surface area contributed by atoms with E-state index in [4.69, 9.17) is 11.6 Å². The average molecular weight is 356 g/mol. The van der Waals surface area contributed by atoms with E-state index in [1.54, 1.807) is 12.1 Å². The molecular formula is C20H22ClN3O. The Balaban J connectivity index is 1.36. The highest BCUT2D eigenvalue weighted by Gasteiger charge is 2.29. The summed E-state index contributed by atoms with van der Waals surface area (Å²) >= 11 is 5.85. The molecule has 0 saturated carbocycles. The molecule has 0 spiro atoms. The number of halogens is 1. The van der Waals surface area contributed by atoms with Crippen LogP contribution in [0.25, 0.3) is 0 Å². The Morgan fingerprint density at radius 2 is 1.80 bits per heavy atom. The van der Waals surface area contributed by atoms with Crippen molar-refractivity contribution in [3.05, 3.63) is 64.4 Å². The van der Waals surface area contributed by atoms with Crippen LogP contribution in [-0.4, -0.2) is 52.9 Å². The van der Waals surface area contributed by atoms with Crippen LogP contribution >= 0.6 is 11.6 Å². The number of piperazine rings is 1. The molecule has 1 saturated heterocycles. The number of hydrogen-bond acceptors (Lipinski definition) is 3. The zero-order valence-corrected chi connectivity index (χ0v) is 15.0. The Morgan fingerprint density at radius 1 is 1.04 bits per heavy atom. The van der Waals surface area contributed by atoms with E-state index in [1.165, 1.54) is 23.7 Å². The maximum absolute atomic E-state index is 12.6. The maximum Gasteiger partial charge on any atom is 0.272 e. The van der Waals surface area contributed by atoms with Gasteiger partial charge >= 0.3 is 0 Å². The van der Waals surface area contributed by atoms with Crippen LogP contribution in [0, 0.1) is 0 Å². The zero-order valence-electron chi connectivity index (χ0n) is 14.2. The van der Waals surface area contributed by atoms with Gasteiger partial charge in [0.25, 0.3) is 5.91 Å². The molecule has 1 aromatic carbocycles. The maximum atomic E-state index is 12.6. The van der Waals surface area contributed by atoms with Crippen molar-refractivity contribution >= 4 is 17.5 Å². The second kappa shape index (κ2) is 7.14. The first-order valence-electron chi connectivity index (χ1n) is 8.92. The third kappa shape index (κ3) is 3.55. The molecule has 2 aliphatic rings. The largest absolute Gasteiger partial charge is 0.335 e. The minimum Gasteiger partial charge on any atom is -0.335 e. The monoisotopic (exact) mass is 355 g/mol. The van der Waals surface area contributed by atoms with E-state index in [0.29, 0.717) is 16.8 Å². The number of hydrogen-bond donors (Lipinski definition) is 0. The Kier molecular flexibility index (Phi) is 4.73. The number of benzene rings is 1. The molecule has 130 valence electrons. The van der Waals surface area contributed by atoms with Gasteiger partial charge in [0.1, 0.15) is 5.69 Å². The van der Waals surface area contributed by atoms with Crippen LogP contribution in [-0.2, 0) is 12.8 Å². The summed E-state index contributed by atoms with van der Waals surface area (Å²) in [6.07, 6.45) is 5.03. The molecule has 0 N–H and O–H groups in total. The zero-order chi connectivity index (χ0) is 17.2. The smallest absolute Gasteiger partial charge is 0.272 e.